The van der Waals surface area contributed by atoms with Crippen molar-refractivity contribution in [2.45, 2.75) is 6.92 Å². The maximum atomic E-state index is 12.8. The Labute approximate surface area is 167 Å². The largest absolute Gasteiger partial charge is 0.363 e. The molecular weight excluding hydrogens is 384 g/mol. The molecule has 1 fully saturated rings. The molecule has 1 saturated heterocycles. The van der Waals surface area contributed by atoms with Crippen molar-refractivity contribution >= 4 is 34.8 Å². The second-order valence-electron chi connectivity index (χ2n) is 6.73. The van der Waals surface area contributed by atoms with Gasteiger partial charge in [0.05, 0.1) is 15.5 Å². The average molecular weight is 405 g/mol. The van der Waals surface area contributed by atoms with Gasteiger partial charge in [-0.05, 0) is 13.0 Å². The van der Waals surface area contributed by atoms with Crippen molar-refractivity contribution in [2.24, 2.45) is 0 Å². The van der Waals surface area contributed by atoms with Gasteiger partial charge in [0, 0.05) is 58.5 Å². The number of rotatable bonds is 4. The van der Waals surface area contributed by atoms with Crippen LogP contribution in [0.5, 0.6) is 0 Å². The van der Waals surface area contributed by atoms with Gasteiger partial charge in [0.15, 0.2) is 0 Å². The molecule has 148 valence electrons. The van der Waals surface area contributed by atoms with Gasteiger partial charge >= 0.3 is 0 Å². The van der Waals surface area contributed by atoms with Crippen LogP contribution < -0.4 is 9.80 Å². The molecule has 0 unspecified atom stereocenters. The third kappa shape index (κ3) is 4.14. The molecule has 0 radical (unpaired) electrons. The van der Waals surface area contributed by atoms with Crippen molar-refractivity contribution < 1.29 is 9.72 Å². The number of piperazine rings is 1. The number of carbonyl (C=O) groups excluding carboxylic acids is 1. The Morgan fingerprint density at radius 2 is 1.86 bits per heavy atom. The summed E-state index contributed by atoms with van der Waals surface area (Å²) in [6.07, 6.45) is 0. The number of anilines is 2. The fraction of sp³-hybridized carbons (Fsp3) is 0.389. The van der Waals surface area contributed by atoms with E-state index < -0.39 is 4.92 Å². The summed E-state index contributed by atoms with van der Waals surface area (Å²) in [4.78, 5) is 37.7. The van der Waals surface area contributed by atoms with Gasteiger partial charge in [-0.15, -0.1) is 0 Å². The molecule has 2 aromatic rings. The highest BCUT2D eigenvalue weighted by Gasteiger charge is 2.25. The van der Waals surface area contributed by atoms with E-state index in [-0.39, 0.29) is 22.2 Å². The van der Waals surface area contributed by atoms with Crippen molar-refractivity contribution in [2.75, 3.05) is 50.1 Å². The van der Waals surface area contributed by atoms with E-state index in [4.69, 9.17) is 11.6 Å². The van der Waals surface area contributed by atoms with E-state index in [1.54, 1.807) is 4.90 Å². The minimum atomic E-state index is -0.537. The average Bonchev–Trinajstić information content (AvgIpc) is 2.67. The number of amides is 1. The van der Waals surface area contributed by atoms with E-state index in [1.807, 2.05) is 32.0 Å². The highest BCUT2D eigenvalue weighted by Crippen LogP contribution is 2.25. The third-order valence-corrected chi connectivity index (χ3v) is 4.87. The van der Waals surface area contributed by atoms with Crippen LogP contribution in [0.3, 0.4) is 0 Å². The van der Waals surface area contributed by atoms with Crippen LogP contribution in [0.1, 0.15) is 16.2 Å². The lowest BCUT2D eigenvalue weighted by molar-refractivity contribution is -0.384. The standard InChI is InChI=1S/C18H21ClN6O3/c1-12-20-16(22(2)3)11-17(21-12)23-6-8-24(9-7-23)18(26)14-5-4-13(25(27)28)10-15(14)19/h4-5,10-11H,6-9H2,1-3H3. The smallest absolute Gasteiger partial charge is 0.270 e. The second kappa shape index (κ2) is 7.97. The number of carbonyl (C=O) groups is 1. The van der Waals surface area contributed by atoms with Gasteiger partial charge in [-0.25, -0.2) is 9.97 Å². The normalized spacial score (nSPS) is 14.1. The van der Waals surface area contributed by atoms with Gasteiger partial charge < -0.3 is 14.7 Å². The second-order valence-corrected chi connectivity index (χ2v) is 7.13. The zero-order valence-electron chi connectivity index (χ0n) is 15.9. The van der Waals surface area contributed by atoms with Crippen LogP contribution in [0.25, 0.3) is 0 Å². The molecule has 0 spiro atoms. The molecule has 0 N–H and O–H groups in total. The number of aryl methyl sites for hydroxylation is 1. The molecule has 2 heterocycles. The fourth-order valence-electron chi connectivity index (χ4n) is 3.03. The van der Waals surface area contributed by atoms with Gasteiger partial charge in [0.1, 0.15) is 17.5 Å². The molecule has 1 aromatic heterocycles. The Balaban J connectivity index is 1.70. The van der Waals surface area contributed by atoms with Gasteiger partial charge in [-0.2, -0.15) is 0 Å². The number of nitro groups is 1. The molecule has 1 aromatic carbocycles. The van der Waals surface area contributed by atoms with Gasteiger partial charge in [-0.3, -0.25) is 14.9 Å². The first kappa shape index (κ1) is 19.8. The van der Waals surface area contributed by atoms with E-state index in [0.717, 1.165) is 11.6 Å². The number of hydrogen-bond acceptors (Lipinski definition) is 7. The van der Waals surface area contributed by atoms with Crippen LogP contribution in [0.4, 0.5) is 17.3 Å². The van der Waals surface area contributed by atoms with E-state index >= 15 is 0 Å². The Hall–Kier alpha value is -2.94. The summed E-state index contributed by atoms with van der Waals surface area (Å²) in [5.41, 5.74) is 0.135. The number of non-ortho nitro benzene ring substituents is 1. The van der Waals surface area contributed by atoms with Crippen molar-refractivity contribution in [3.63, 3.8) is 0 Å². The van der Waals surface area contributed by atoms with E-state index in [0.29, 0.717) is 32.0 Å². The molecule has 3 rings (SSSR count). The highest BCUT2D eigenvalue weighted by atomic mass is 35.5. The molecule has 1 aliphatic heterocycles. The van der Waals surface area contributed by atoms with E-state index in [9.17, 15) is 14.9 Å². The molecule has 10 heteroatoms. The molecule has 0 aliphatic carbocycles. The van der Waals surface area contributed by atoms with Crippen molar-refractivity contribution in [1.29, 1.82) is 0 Å². The summed E-state index contributed by atoms with van der Waals surface area (Å²) < 4.78 is 0. The predicted molar refractivity (Wildman–Crippen MR) is 107 cm³/mol. The van der Waals surface area contributed by atoms with Gasteiger partial charge in [0.25, 0.3) is 11.6 Å². The number of benzene rings is 1. The summed E-state index contributed by atoms with van der Waals surface area (Å²) in [6.45, 7) is 4.12. The molecule has 28 heavy (non-hydrogen) atoms. The van der Waals surface area contributed by atoms with Crippen molar-refractivity contribution in [1.82, 2.24) is 14.9 Å². The third-order valence-electron chi connectivity index (χ3n) is 4.55. The number of aromatic nitrogens is 2. The molecule has 0 atom stereocenters. The van der Waals surface area contributed by atoms with Crippen molar-refractivity contribution in [3.8, 4) is 0 Å². The Morgan fingerprint density at radius 1 is 1.18 bits per heavy atom. The molecule has 0 bridgehead atoms. The minimum Gasteiger partial charge on any atom is -0.363 e. The van der Waals surface area contributed by atoms with Crippen LogP contribution in [0.2, 0.25) is 5.02 Å². The zero-order chi connectivity index (χ0) is 20.4. The lowest BCUT2D eigenvalue weighted by Gasteiger charge is -2.35. The van der Waals surface area contributed by atoms with Crippen LogP contribution in [0.15, 0.2) is 24.3 Å². The molecule has 0 saturated carbocycles. The number of hydrogen-bond donors (Lipinski definition) is 0. The number of nitro benzene ring substituents is 1. The summed E-state index contributed by atoms with van der Waals surface area (Å²) in [6, 6.07) is 5.84. The number of halogens is 1. The van der Waals surface area contributed by atoms with Crippen LogP contribution >= 0.6 is 11.6 Å². The summed E-state index contributed by atoms with van der Waals surface area (Å²) in [5.74, 6) is 2.13. The molecule has 9 nitrogen and oxygen atoms in total. The van der Waals surface area contributed by atoms with Crippen molar-refractivity contribution in [3.05, 3.63) is 50.8 Å². The first-order valence-corrected chi connectivity index (χ1v) is 9.15. The first-order chi connectivity index (χ1) is 13.3. The summed E-state index contributed by atoms with van der Waals surface area (Å²) >= 11 is 6.09. The predicted octanol–water partition coefficient (Wildman–Crippen LogP) is 2.38. The van der Waals surface area contributed by atoms with Gasteiger partial charge in [-0.1, -0.05) is 11.6 Å². The lowest BCUT2D eigenvalue weighted by Crippen LogP contribution is -2.49. The lowest BCUT2D eigenvalue weighted by atomic mass is 10.1. The SMILES string of the molecule is Cc1nc(N(C)C)cc(N2CCN(C(=O)c3ccc([N+](=O)[O-])cc3Cl)CC2)n1. The number of nitrogens with zero attached hydrogens (tertiary/aromatic N) is 6. The fourth-order valence-corrected chi connectivity index (χ4v) is 3.28. The highest BCUT2D eigenvalue weighted by molar-refractivity contribution is 6.34. The van der Waals surface area contributed by atoms with Crippen LogP contribution in [-0.2, 0) is 0 Å². The monoisotopic (exact) mass is 404 g/mol. The molecular formula is C18H21ClN6O3. The maximum absolute atomic E-state index is 12.8. The molecule has 1 amide bonds. The quantitative estimate of drug-likeness (QED) is 0.570. The van der Waals surface area contributed by atoms with E-state index in [1.165, 1.54) is 18.2 Å². The summed E-state index contributed by atoms with van der Waals surface area (Å²) in [5, 5.41) is 10.9. The van der Waals surface area contributed by atoms with E-state index in [2.05, 4.69) is 14.9 Å². The Morgan fingerprint density at radius 3 is 2.43 bits per heavy atom. The zero-order valence-corrected chi connectivity index (χ0v) is 16.7. The van der Waals surface area contributed by atoms with Crippen LogP contribution in [0, 0.1) is 17.0 Å². The molecule has 1 aliphatic rings. The topological polar surface area (TPSA) is 95.7 Å². The maximum Gasteiger partial charge on any atom is 0.270 e. The minimum absolute atomic E-state index is 0.0867. The summed E-state index contributed by atoms with van der Waals surface area (Å²) in [7, 11) is 3.85. The first-order valence-electron chi connectivity index (χ1n) is 8.77. The van der Waals surface area contributed by atoms with Crippen LogP contribution in [-0.4, -0.2) is 66.0 Å². The van der Waals surface area contributed by atoms with Gasteiger partial charge in [0.2, 0.25) is 0 Å². The Kier molecular flexibility index (Phi) is 5.64. The Bertz CT molecular complexity index is 912.